The molecule has 1 fully saturated rings. The van der Waals surface area contributed by atoms with E-state index in [2.05, 4.69) is 24.9 Å². The summed E-state index contributed by atoms with van der Waals surface area (Å²) in [4.78, 5) is 13.7. The minimum absolute atomic E-state index is 0.135. The van der Waals surface area contributed by atoms with Gasteiger partial charge in [-0.25, -0.2) is 0 Å². The van der Waals surface area contributed by atoms with E-state index in [1.54, 1.807) is 0 Å². The van der Waals surface area contributed by atoms with Crippen LogP contribution in [0.4, 0.5) is 0 Å². The van der Waals surface area contributed by atoms with E-state index in [1.807, 2.05) is 18.2 Å². The fourth-order valence-electron chi connectivity index (χ4n) is 3.08. The Bertz CT molecular complexity index is 440. The molecule has 1 atom stereocenters. The molecule has 2 nitrogen and oxygen atoms in total. The highest BCUT2D eigenvalue weighted by Gasteiger charge is 2.35. The molecule has 0 heterocycles. The first-order valence-corrected chi connectivity index (χ1v) is 7.37. The number of hydrogen-bond acceptors (Lipinski definition) is 2. The summed E-state index contributed by atoms with van der Waals surface area (Å²) in [5, 5.41) is 0.799. The molecule has 19 heavy (non-hydrogen) atoms. The minimum Gasteiger partial charge on any atom is -0.303 e. The van der Waals surface area contributed by atoms with E-state index >= 15 is 0 Å². The summed E-state index contributed by atoms with van der Waals surface area (Å²) in [5.41, 5.74) is 0.996. The van der Waals surface area contributed by atoms with Crippen molar-refractivity contribution in [2.45, 2.75) is 38.6 Å². The van der Waals surface area contributed by atoms with Crippen molar-refractivity contribution >= 4 is 17.9 Å². The Morgan fingerprint density at radius 1 is 1.37 bits per heavy atom. The molecule has 1 aromatic carbocycles. The highest BCUT2D eigenvalue weighted by molar-refractivity contribution is 6.31. The predicted molar refractivity (Wildman–Crippen MR) is 79.5 cm³/mol. The number of halogens is 1. The molecule has 1 aliphatic carbocycles. The molecule has 1 aliphatic rings. The number of nitrogens with zero attached hydrogens (tertiary/aromatic N) is 1. The zero-order chi connectivity index (χ0) is 13.9. The summed E-state index contributed by atoms with van der Waals surface area (Å²) in [5.74, 6) is 0. The van der Waals surface area contributed by atoms with Gasteiger partial charge in [-0.05, 0) is 38.4 Å². The van der Waals surface area contributed by atoms with Crippen LogP contribution in [0.25, 0.3) is 0 Å². The van der Waals surface area contributed by atoms with Gasteiger partial charge < -0.3 is 4.79 Å². The number of aldehydes is 1. The van der Waals surface area contributed by atoms with E-state index in [-0.39, 0.29) is 11.5 Å². The number of carbonyl (C=O) groups excluding carboxylic acids is 1. The number of carbonyl (C=O) groups is 1. The first-order valence-electron chi connectivity index (χ1n) is 6.99. The standard InChI is InChI=1S/C16H22ClNO/c1-13(14-7-3-4-8-15(14)17)18(2)11-16(12-19)9-5-6-10-16/h3-4,7-8,12-13H,5-6,9-11H2,1-2H3. The molecule has 0 aliphatic heterocycles. The predicted octanol–water partition coefficient (Wildman–Crippen LogP) is 4.09. The van der Waals surface area contributed by atoms with Crippen LogP contribution in [0.3, 0.4) is 0 Å². The van der Waals surface area contributed by atoms with Crippen molar-refractivity contribution < 1.29 is 4.79 Å². The van der Waals surface area contributed by atoms with Gasteiger partial charge in [0.05, 0.1) is 0 Å². The molecule has 0 radical (unpaired) electrons. The zero-order valence-electron chi connectivity index (χ0n) is 11.7. The van der Waals surface area contributed by atoms with Crippen LogP contribution in [-0.2, 0) is 4.79 Å². The average molecular weight is 280 g/mol. The third-order valence-electron chi connectivity index (χ3n) is 4.43. The summed E-state index contributed by atoms with van der Waals surface area (Å²) in [6.07, 6.45) is 5.57. The molecule has 0 aromatic heterocycles. The number of benzene rings is 1. The van der Waals surface area contributed by atoms with Crippen molar-refractivity contribution in [1.29, 1.82) is 0 Å². The van der Waals surface area contributed by atoms with Gasteiger partial charge >= 0.3 is 0 Å². The van der Waals surface area contributed by atoms with Crippen LogP contribution in [-0.4, -0.2) is 24.8 Å². The Morgan fingerprint density at radius 3 is 2.58 bits per heavy atom. The zero-order valence-corrected chi connectivity index (χ0v) is 12.5. The second-order valence-electron chi connectivity index (χ2n) is 5.80. The van der Waals surface area contributed by atoms with Gasteiger partial charge in [0.2, 0.25) is 0 Å². The van der Waals surface area contributed by atoms with E-state index in [1.165, 1.54) is 19.1 Å². The van der Waals surface area contributed by atoms with Gasteiger partial charge in [0.25, 0.3) is 0 Å². The van der Waals surface area contributed by atoms with E-state index in [9.17, 15) is 4.79 Å². The summed E-state index contributed by atoms with van der Waals surface area (Å²) >= 11 is 6.25. The first kappa shape index (κ1) is 14.5. The van der Waals surface area contributed by atoms with Crippen molar-refractivity contribution in [2.24, 2.45) is 5.41 Å². The van der Waals surface area contributed by atoms with Crippen molar-refractivity contribution in [3.8, 4) is 0 Å². The molecular formula is C16H22ClNO. The van der Waals surface area contributed by atoms with Gasteiger partial charge in [0.1, 0.15) is 6.29 Å². The largest absolute Gasteiger partial charge is 0.303 e. The maximum Gasteiger partial charge on any atom is 0.127 e. The molecule has 0 spiro atoms. The van der Waals surface area contributed by atoms with Crippen molar-refractivity contribution in [3.63, 3.8) is 0 Å². The lowest BCUT2D eigenvalue weighted by Gasteiger charge is -2.33. The lowest BCUT2D eigenvalue weighted by Crippen LogP contribution is -2.36. The molecule has 0 bridgehead atoms. The third-order valence-corrected chi connectivity index (χ3v) is 4.77. The van der Waals surface area contributed by atoms with Crippen molar-refractivity contribution in [3.05, 3.63) is 34.9 Å². The molecule has 1 unspecified atom stereocenters. The summed E-state index contributed by atoms with van der Waals surface area (Å²) in [6.45, 7) is 2.97. The van der Waals surface area contributed by atoms with Crippen molar-refractivity contribution in [2.75, 3.05) is 13.6 Å². The van der Waals surface area contributed by atoms with Gasteiger partial charge in [0, 0.05) is 23.0 Å². The Morgan fingerprint density at radius 2 is 2.00 bits per heavy atom. The summed E-state index contributed by atoms with van der Waals surface area (Å²) in [6, 6.07) is 8.17. The van der Waals surface area contributed by atoms with Crippen LogP contribution in [0.2, 0.25) is 5.02 Å². The Balaban J connectivity index is 2.09. The molecule has 104 valence electrons. The van der Waals surface area contributed by atoms with E-state index in [0.717, 1.165) is 30.0 Å². The van der Waals surface area contributed by atoms with Gasteiger partial charge in [0.15, 0.2) is 0 Å². The fraction of sp³-hybridized carbons (Fsp3) is 0.562. The Kier molecular flexibility index (Phi) is 4.64. The van der Waals surface area contributed by atoms with Crippen molar-refractivity contribution in [1.82, 2.24) is 4.90 Å². The van der Waals surface area contributed by atoms with Gasteiger partial charge in [-0.1, -0.05) is 42.6 Å². The molecular weight excluding hydrogens is 258 g/mol. The van der Waals surface area contributed by atoms with E-state index in [4.69, 9.17) is 11.6 Å². The maximum atomic E-state index is 11.4. The van der Waals surface area contributed by atoms with Gasteiger partial charge in [-0.3, -0.25) is 4.90 Å². The molecule has 1 saturated carbocycles. The maximum absolute atomic E-state index is 11.4. The molecule has 3 heteroatoms. The topological polar surface area (TPSA) is 20.3 Å². The molecule has 0 saturated heterocycles. The lowest BCUT2D eigenvalue weighted by atomic mass is 9.87. The normalized spacial score (nSPS) is 19.6. The quantitative estimate of drug-likeness (QED) is 0.757. The average Bonchev–Trinajstić information content (AvgIpc) is 2.87. The second kappa shape index (κ2) is 6.06. The van der Waals surface area contributed by atoms with Gasteiger partial charge in [-0.15, -0.1) is 0 Å². The molecule has 0 amide bonds. The van der Waals surface area contributed by atoms with Crippen LogP contribution in [0.15, 0.2) is 24.3 Å². The Hall–Kier alpha value is -0.860. The number of rotatable bonds is 5. The SMILES string of the molecule is CC(c1ccccc1Cl)N(C)CC1(C=O)CCCC1. The van der Waals surface area contributed by atoms with Crippen LogP contribution < -0.4 is 0 Å². The van der Waals surface area contributed by atoms with E-state index < -0.39 is 0 Å². The molecule has 0 N–H and O–H groups in total. The lowest BCUT2D eigenvalue weighted by molar-refractivity contribution is -0.117. The number of hydrogen-bond donors (Lipinski definition) is 0. The highest BCUT2D eigenvalue weighted by Crippen LogP contribution is 2.38. The summed E-state index contributed by atoms with van der Waals surface area (Å²) < 4.78 is 0. The third kappa shape index (κ3) is 3.18. The van der Waals surface area contributed by atoms with Crippen LogP contribution in [0.5, 0.6) is 0 Å². The smallest absolute Gasteiger partial charge is 0.127 e. The molecule has 1 aromatic rings. The first-order chi connectivity index (χ1) is 9.08. The monoisotopic (exact) mass is 279 g/mol. The van der Waals surface area contributed by atoms with E-state index in [0.29, 0.717) is 0 Å². The summed E-state index contributed by atoms with van der Waals surface area (Å²) in [7, 11) is 2.08. The second-order valence-corrected chi connectivity index (χ2v) is 6.21. The Labute approximate surface area is 120 Å². The highest BCUT2D eigenvalue weighted by atomic mass is 35.5. The minimum atomic E-state index is -0.135. The molecule has 2 rings (SSSR count). The van der Waals surface area contributed by atoms with Gasteiger partial charge in [-0.2, -0.15) is 0 Å². The van der Waals surface area contributed by atoms with Crippen LogP contribution >= 0.6 is 11.6 Å². The fourth-order valence-corrected chi connectivity index (χ4v) is 3.37. The van der Waals surface area contributed by atoms with Crippen LogP contribution in [0, 0.1) is 5.41 Å². The van der Waals surface area contributed by atoms with Crippen LogP contribution in [0.1, 0.15) is 44.2 Å².